The molecule has 4 N–H and O–H groups in total. The number of rotatable bonds is 7. The second-order valence-corrected chi connectivity index (χ2v) is 14.4. The van der Waals surface area contributed by atoms with Crippen LogP contribution in [0.2, 0.25) is 0 Å². The van der Waals surface area contributed by atoms with Crippen LogP contribution in [0.3, 0.4) is 0 Å². The highest BCUT2D eigenvalue weighted by molar-refractivity contribution is 6.07. The Balaban J connectivity index is 1.06. The molecule has 2 aromatic heterocycles. The number of aromatic nitrogens is 4. The minimum atomic E-state index is -0.675. The molecule has 5 heterocycles. The number of carbonyl (C=O) groups excluding carboxylic acids is 2. The maximum absolute atomic E-state index is 13.9. The summed E-state index contributed by atoms with van der Waals surface area (Å²) in [7, 11) is 1.31. The molecule has 3 aromatic carbocycles. The number of alkyl carbamates (subject to hydrolysis) is 1. The van der Waals surface area contributed by atoms with Crippen molar-refractivity contribution in [2.24, 2.45) is 5.92 Å². The molecule has 8 rings (SSSR count). The van der Waals surface area contributed by atoms with Crippen LogP contribution in [0.1, 0.15) is 89.1 Å². The van der Waals surface area contributed by atoms with Gasteiger partial charge in [0, 0.05) is 23.0 Å². The fourth-order valence-electron chi connectivity index (χ4n) is 8.09. The molecule has 3 aliphatic heterocycles. The number of hydrogen-bond acceptors (Lipinski definition) is 7. The van der Waals surface area contributed by atoms with E-state index in [0.717, 1.165) is 99.3 Å². The van der Waals surface area contributed by atoms with Gasteiger partial charge in [-0.2, -0.15) is 0 Å². The quantitative estimate of drug-likeness (QED) is 0.142. The number of H-pyrrole nitrogens is 2. The Hall–Kier alpha value is -4.90. The molecule has 50 heavy (non-hydrogen) atoms. The van der Waals surface area contributed by atoms with Crippen LogP contribution in [0.5, 0.6) is 5.75 Å². The zero-order valence-corrected chi connectivity index (χ0v) is 29.3. The predicted octanol–water partition coefficient (Wildman–Crippen LogP) is 7.30. The van der Waals surface area contributed by atoms with Crippen LogP contribution >= 0.6 is 0 Å². The number of methoxy groups -OCH3 is 1. The number of benzene rings is 3. The van der Waals surface area contributed by atoms with E-state index in [1.807, 2.05) is 24.9 Å². The molecule has 2 amide bonds. The molecular formula is C39H45N7O4. The van der Waals surface area contributed by atoms with Crippen molar-refractivity contribution in [2.75, 3.05) is 7.11 Å². The van der Waals surface area contributed by atoms with Crippen molar-refractivity contribution in [3.05, 3.63) is 65.9 Å². The molecule has 6 atom stereocenters. The first-order valence-electron chi connectivity index (χ1n) is 17.9. The molecule has 5 aromatic rings. The van der Waals surface area contributed by atoms with Gasteiger partial charge in [0.1, 0.15) is 30.0 Å². The van der Waals surface area contributed by atoms with E-state index >= 15 is 0 Å². The number of imidazole rings is 2. The summed E-state index contributed by atoms with van der Waals surface area (Å²) in [4.78, 5) is 44.9. The van der Waals surface area contributed by atoms with Crippen molar-refractivity contribution >= 4 is 33.8 Å². The molecule has 0 aliphatic carbocycles. The average molecular weight is 676 g/mol. The van der Waals surface area contributed by atoms with E-state index in [1.165, 1.54) is 7.11 Å². The van der Waals surface area contributed by atoms with E-state index in [4.69, 9.17) is 19.4 Å². The van der Waals surface area contributed by atoms with Crippen LogP contribution in [0.25, 0.3) is 44.2 Å². The normalized spacial score (nSPS) is 22.6. The fraction of sp³-hybridized carbons (Fsp3) is 0.436. The summed E-state index contributed by atoms with van der Waals surface area (Å²) in [6.45, 7) is 8.73. The third-order valence-electron chi connectivity index (χ3n) is 11.2. The summed E-state index contributed by atoms with van der Waals surface area (Å²) in [5.41, 5.74) is 7.24. The lowest BCUT2D eigenvalue weighted by Crippen LogP contribution is -2.53. The minimum Gasteiger partial charge on any atom is -0.488 e. The third-order valence-corrected chi connectivity index (χ3v) is 11.2. The number of nitrogens with one attached hydrogen (secondary N) is 4. The van der Waals surface area contributed by atoms with Crippen molar-refractivity contribution in [2.45, 2.75) is 96.6 Å². The lowest BCUT2D eigenvalue weighted by Gasteiger charge is -2.33. The molecular weight excluding hydrogens is 630 g/mol. The van der Waals surface area contributed by atoms with Crippen molar-refractivity contribution < 1.29 is 19.1 Å². The molecule has 0 radical (unpaired) electrons. The number of hydrogen-bond donors (Lipinski definition) is 4. The Morgan fingerprint density at radius 1 is 1.04 bits per heavy atom. The van der Waals surface area contributed by atoms with Crippen molar-refractivity contribution in [1.82, 2.24) is 35.5 Å². The van der Waals surface area contributed by atoms with Crippen molar-refractivity contribution in [3.63, 3.8) is 0 Å². The van der Waals surface area contributed by atoms with Crippen molar-refractivity contribution in [1.29, 1.82) is 0 Å². The third kappa shape index (κ3) is 5.57. The molecule has 0 bridgehead atoms. The monoisotopic (exact) mass is 675 g/mol. The Bertz CT molecular complexity index is 2100. The highest BCUT2D eigenvalue weighted by Crippen LogP contribution is 2.43. The van der Waals surface area contributed by atoms with E-state index in [1.54, 1.807) is 0 Å². The molecule has 2 saturated heterocycles. The largest absolute Gasteiger partial charge is 0.488 e. The van der Waals surface area contributed by atoms with Gasteiger partial charge in [0.25, 0.3) is 0 Å². The first-order valence-corrected chi connectivity index (χ1v) is 17.9. The van der Waals surface area contributed by atoms with Gasteiger partial charge >= 0.3 is 6.09 Å². The maximum atomic E-state index is 13.9. The van der Waals surface area contributed by atoms with Gasteiger partial charge in [-0.25, -0.2) is 14.8 Å². The number of nitrogens with zero attached hydrogens (tertiary/aromatic N) is 3. The van der Waals surface area contributed by atoms with Crippen LogP contribution in [0.4, 0.5) is 4.79 Å². The van der Waals surface area contributed by atoms with Gasteiger partial charge in [0.2, 0.25) is 5.91 Å². The lowest BCUT2D eigenvalue weighted by molar-refractivity contribution is -0.137. The SMILES string of the molecule is CCC(C)C(NC(=O)OC)C(=O)N1C(C)CCC1c1ncc(-c2ccc3c(c2)COc2cc4c(ccc5[nH]c(C6CCC(C)N6)nc54)cc2-3)[nH]1. The number of fused-ring (bicyclic) bond motifs is 6. The Labute approximate surface area is 291 Å². The molecule has 11 nitrogen and oxygen atoms in total. The summed E-state index contributed by atoms with van der Waals surface area (Å²) in [6.07, 6.45) is 5.87. The van der Waals surface area contributed by atoms with Crippen LogP contribution in [0.15, 0.2) is 48.7 Å². The topological polar surface area (TPSA) is 137 Å². The van der Waals surface area contributed by atoms with E-state index < -0.39 is 12.1 Å². The molecule has 260 valence electrons. The van der Waals surface area contributed by atoms with Gasteiger partial charge < -0.3 is 35.0 Å². The van der Waals surface area contributed by atoms with E-state index in [2.05, 4.69) is 76.9 Å². The minimum absolute atomic E-state index is 0.0170. The highest BCUT2D eigenvalue weighted by atomic mass is 16.5. The molecule has 0 spiro atoms. The fourth-order valence-corrected chi connectivity index (χ4v) is 8.09. The zero-order valence-electron chi connectivity index (χ0n) is 29.3. The first-order chi connectivity index (χ1) is 24.2. The zero-order chi connectivity index (χ0) is 34.7. The molecule has 3 aliphatic rings. The van der Waals surface area contributed by atoms with E-state index in [9.17, 15) is 9.59 Å². The smallest absolute Gasteiger partial charge is 0.407 e. The van der Waals surface area contributed by atoms with E-state index in [-0.39, 0.29) is 30.0 Å². The molecule has 11 heteroatoms. The summed E-state index contributed by atoms with van der Waals surface area (Å²) >= 11 is 0. The average Bonchev–Trinajstić information content (AvgIpc) is 3.95. The Kier molecular flexibility index (Phi) is 8.25. The van der Waals surface area contributed by atoms with Gasteiger partial charge in [-0.1, -0.05) is 38.5 Å². The maximum Gasteiger partial charge on any atom is 0.407 e. The number of likely N-dealkylation sites (tertiary alicyclic amines) is 1. The Morgan fingerprint density at radius 2 is 1.90 bits per heavy atom. The Morgan fingerprint density at radius 3 is 2.68 bits per heavy atom. The van der Waals surface area contributed by atoms with Crippen LogP contribution in [0, 0.1) is 5.92 Å². The van der Waals surface area contributed by atoms with Crippen molar-refractivity contribution in [3.8, 4) is 28.1 Å². The summed E-state index contributed by atoms with van der Waals surface area (Å²) in [5.74, 6) is 2.45. The van der Waals surface area contributed by atoms with E-state index in [0.29, 0.717) is 12.6 Å². The lowest BCUT2D eigenvalue weighted by atomic mass is 9.92. The van der Waals surface area contributed by atoms with Gasteiger partial charge in [-0.05, 0) is 91.8 Å². The molecule has 6 unspecified atom stereocenters. The second kappa shape index (κ2) is 12.8. The highest BCUT2D eigenvalue weighted by Gasteiger charge is 2.41. The predicted molar refractivity (Wildman–Crippen MR) is 193 cm³/mol. The van der Waals surface area contributed by atoms with Crippen LogP contribution in [-0.2, 0) is 16.1 Å². The van der Waals surface area contributed by atoms with Crippen LogP contribution < -0.4 is 15.4 Å². The second-order valence-electron chi connectivity index (χ2n) is 14.4. The standard InChI is InChI=1S/C39H45N7O4/c1-6-20(2)34(45-39(48)49-5)38(47)46-22(4)8-14-32(46)37-40-18-31(43-37)24-9-11-26-25(15-24)19-50-33-17-27-23(16-28(26)33)10-13-29-35(27)44-36(42-29)30-12-7-21(3)41-30/h9-11,13,15-18,20-22,30,32,34,41H,6-8,12,14,19H2,1-5H3,(H,40,43)(H,42,44)(H,45,48). The number of amides is 2. The summed E-state index contributed by atoms with van der Waals surface area (Å²) in [6, 6.07) is 15.0. The van der Waals surface area contributed by atoms with Gasteiger partial charge in [0.15, 0.2) is 0 Å². The molecule has 2 fully saturated rings. The molecule has 0 saturated carbocycles. The number of ether oxygens (including phenoxy) is 2. The summed E-state index contributed by atoms with van der Waals surface area (Å²) in [5, 5.41) is 8.64. The first kappa shape index (κ1) is 32.3. The number of aromatic amines is 2. The summed E-state index contributed by atoms with van der Waals surface area (Å²) < 4.78 is 11.2. The van der Waals surface area contributed by atoms with Crippen LogP contribution in [-0.4, -0.2) is 62.1 Å². The van der Waals surface area contributed by atoms with Gasteiger partial charge in [-0.3, -0.25) is 4.79 Å². The van der Waals surface area contributed by atoms with Gasteiger partial charge in [-0.15, -0.1) is 0 Å². The van der Waals surface area contributed by atoms with Gasteiger partial charge in [0.05, 0.1) is 42.1 Å². The number of carbonyl (C=O) groups is 2.